The molecule has 2 aromatic carbocycles. The fourth-order valence-electron chi connectivity index (χ4n) is 2.74. The van der Waals surface area contributed by atoms with Crippen molar-refractivity contribution < 1.29 is 9.72 Å². The lowest BCUT2D eigenvalue weighted by atomic mass is 10.1. The molecule has 0 aliphatic heterocycles. The number of carbonyl (C=O) groups excluding carboxylic acids is 1. The van der Waals surface area contributed by atoms with Crippen molar-refractivity contribution in [3.63, 3.8) is 0 Å². The van der Waals surface area contributed by atoms with Gasteiger partial charge < -0.3 is 5.32 Å². The van der Waals surface area contributed by atoms with Gasteiger partial charge in [0.05, 0.1) is 15.7 Å². The SMILES string of the molecule is C[C@H](Sc1ccc([N+](=O)[O-])cc1)C(=O)NCCc1cccc2cccnc12. The number of para-hydroxylation sites is 1. The first-order valence-corrected chi connectivity index (χ1v) is 9.44. The summed E-state index contributed by atoms with van der Waals surface area (Å²) in [5.41, 5.74) is 2.10. The van der Waals surface area contributed by atoms with Crippen molar-refractivity contribution in [3.05, 3.63) is 76.5 Å². The lowest BCUT2D eigenvalue weighted by molar-refractivity contribution is -0.384. The van der Waals surface area contributed by atoms with Crippen LogP contribution < -0.4 is 5.32 Å². The molecule has 0 spiro atoms. The van der Waals surface area contributed by atoms with Gasteiger partial charge >= 0.3 is 0 Å². The largest absolute Gasteiger partial charge is 0.355 e. The molecular formula is C20H19N3O3S. The second-order valence-corrected chi connectivity index (χ2v) is 7.46. The average molecular weight is 381 g/mol. The highest BCUT2D eigenvalue weighted by atomic mass is 32.2. The summed E-state index contributed by atoms with van der Waals surface area (Å²) in [6.07, 6.45) is 2.47. The van der Waals surface area contributed by atoms with Crippen LogP contribution in [-0.4, -0.2) is 27.6 Å². The molecule has 3 rings (SSSR count). The molecule has 138 valence electrons. The van der Waals surface area contributed by atoms with Gasteiger partial charge in [0.15, 0.2) is 0 Å². The van der Waals surface area contributed by atoms with E-state index in [1.54, 1.807) is 18.3 Å². The van der Waals surface area contributed by atoms with Gasteiger partial charge in [-0.2, -0.15) is 0 Å². The van der Waals surface area contributed by atoms with Gasteiger partial charge in [-0.15, -0.1) is 11.8 Å². The molecule has 1 N–H and O–H groups in total. The molecule has 27 heavy (non-hydrogen) atoms. The summed E-state index contributed by atoms with van der Waals surface area (Å²) in [5, 5.41) is 14.4. The Morgan fingerprint density at radius 1 is 1.19 bits per heavy atom. The molecule has 1 atom stereocenters. The van der Waals surface area contributed by atoms with Crippen LogP contribution in [0.1, 0.15) is 12.5 Å². The Bertz CT molecular complexity index is 955. The molecule has 3 aromatic rings. The smallest absolute Gasteiger partial charge is 0.269 e. The summed E-state index contributed by atoms with van der Waals surface area (Å²) in [4.78, 5) is 27.8. The van der Waals surface area contributed by atoms with Crippen LogP contribution in [-0.2, 0) is 11.2 Å². The van der Waals surface area contributed by atoms with Crippen LogP contribution in [0.15, 0.2) is 65.7 Å². The molecule has 0 saturated carbocycles. The summed E-state index contributed by atoms with van der Waals surface area (Å²) in [5.74, 6) is -0.0634. The molecule has 6 nitrogen and oxygen atoms in total. The molecule has 0 unspecified atom stereocenters. The lowest BCUT2D eigenvalue weighted by Crippen LogP contribution is -2.32. The molecule has 0 bridgehead atoms. The Kier molecular flexibility index (Phi) is 6.03. The number of nitrogens with one attached hydrogen (secondary N) is 1. The molecule has 0 saturated heterocycles. The van der Waals surface area contributed by atoms with Gasteiger partial charge in [0, 0.05) is 35.2 Å². The van der Waals surface area contributed by atoms with Gasteiger partial charge in [0.25, 0.3) is 5.69 Å². The van der Waals surface area contributed by atoms with E-state index >= 15 is 0 Å². The van der Waals surface area contributed by atoms with Crippen LogP contribution in [0.5, 0.6) is 0 Å². The number of fused-ring (bicyclic) bond motifs is 1. The predicted molar refractivity (Wildman–Crippen MR) is 107 cm³/mol. The molecule has 0 aliphatic carbocycles. The number of amides is 1. The first-order valence-electron chi connectivity index (χ1n) is 8.56. The van der Waals surface area contributed by atoms with Gasteiger partial charge in [0.2, 0.25) is 5.91 Å². The van der Waals surface area contributed by atoms with Gasteiger partial charge in [0.1, 0.15) is 0 Å². The number of benzene rings is 2. The van der Waals surface area contributed by atoms with Crippen LogP contribution in [0, 0.1) is 10.1 Å². The van der Waals surface area contributed by atoms with Gasteiger partial charge in [-0.25, -0.2) is 0 Å². The number of pyridine rings is 1. The van der Waals surface area contributed by atoms with Gasteiger partial charge in [-0.3, -0.25) is 19.9 Å². The number of hydrogen-bond donors (Lipinski definition) is 1. The average Bonchev–Trinajstić information content (AvgIpc) is 2.68. The molecule has 1 aromatic heterocycles. The summed E-state index contributed by atoms with van der Waals surface area (Å²) < 4.78 is 0. The summed E-state index contributed by atoms with van der Waals surface area (Å²) >= 11 is 1.37. The highest BCUT2D eigenvalue weighted by molar-refractivity contribution is 8.00. The second-order valence-electron chi connectivity index (χ2n) is 6.04. The van der Waals surface area contributed by atoms with E-state index in [1.807, 2.05) is 37.3 Å². The van der Waals surface area contributed by atoms with Crippen molar-refractivity contribution >= 4 is 34.3 Å². The molecule has 0 radical (unpaired) electrons. The number of nitro benzene ring substituents is 1. The van der Waals surface area contributed by atoms with E-state index in [0.29, 0.717) is 13.0 Å². The van der Waals surface area contributed by atoms with E-state index in [2.05, 4.69) is 10.3 Å². The maximum absolute atomic E-state index is 12.3. The highest BCUT2D eigenvalue weighted by Gasteiger charge is 2.15. The van der Waals surface area contributed by atoms with E-state index in [1.165, 1.54) is 23.9 Å². The van der Waals surface area contributed by atoms with E-state index in [4.69, 9.17) is 0 Å². The number of nitro groups is 1. The van der Waals surface area contributed by atoms with E-state index in [0.717, 1.165) is 21.4 Å². The summed E-state index contributed by atoms with van der Waals surface area (Å²) in [6, 6.07) is 16.2. The van der Waals surface area contributed by atoms with Crippen molar-refractivity contribution in [1.29, 1.82) is 0 Å². The normalized spacial score (nSPS) is 11.9. The monoisotopic (exact) mass is 381 g/mol. The first-order chi connectivity index (χ1) is 13.0. The minimum absolute atomic E-state index is 0.0418. The zero-order valence-corrected chi connectivity index (χ0v) is 15.6. The third-order valence-electron chi connectivity index (χ3n) is 4.14. The number of thioether (sulfide) groups is 1. The quantitative estimate of drug-likeness (QED) is 0.380. The number of rotatable bonds is 7. The standard InChI is InChI=1S/C20H19N3O3S/c1-14(27-18-9-7-17(8-10-18)23(25)26)20(24)22-13-11-16-5-2-4-15-6-3-12-21-19(15)16/h2-10,12,14H,11,13H2,1H3,(H,22,24)/t14-/m0/s1. The van der Waals surface area contributed by atoms with Crippen molar-refractivity contribution in [1.82, 2.24) is 10.3 Å². The Labute approximate surface area is 161 Å². The van der Waals surface area contributed by atoms with Crippen LogP contribution in [0.2, 0.25) is 0 Å². The van der Waals surface area contributed by atoms with E-state index < -0.39 is 4.92 Å². The maximum atomic E-state index is 12.3. The first kappa shape index (κ1) is 18.8. The van der Waals surface area contributed by atoms with Gasteiger partial charge in [-0.05, 0) is 37.1 Å². The topological polar surface area (TPSA) is 85.1 Å². The zero-order valence-electron chi connectivity index (χ0n) is 14.8. The Balaban J connectivity index is 1.53. The van der Waals surface area contributed by atoms with Crippen LogP contribution in [0.3, 0.4) is 0 Å². The minimum atomic E-state index is -0.438. The molecule has 7 heteroatoms. The van der Waals surface area contributed by atoms with Crippen molar-refractivity contribution in [2.75, 3.05) is 6.54 Å². The Hall–Kier alpha value is -2.93. The number of aromatic nitrogens is 1. The molecule has 0 fully saturated rings. The Morgan fingerprint density at radius 2 is 1.93 bits per heavy atom. The maximum Gasteiger partial charge on any atom is 0.269 e. The van der Waals surface area contributed by atoms with Crippen LogP contribution in [0.4, 0.5) is 5.69 Å². The summed E-state index contributed by atoms with van der Waals surface area (Å²) in [6.45, 7) is 2.35. The molecule has 0 aliphatic rings. The highest BCUT2D eigenvalue weighted by Crippen LogP contribution is 2.25. The zero-order chi connectivity index (χ0) is 19.2. The van der Waals surface area contributed by atoms with Crippen molar-refractivity contribution in [2.45, 2.75) is 23.5 Å². The number of non-ortho nitro benzene ring substituents is 1. The predicted octanol–water partition coefficient (Wildman–Crippen LogP) is 3.98. The number of carbonyl (C=O) groups is 1. The third kappa shape index (κ3) is 4.83. The molecular weight excluding hydrogens is 362 g/mol. The number of nitrogens with zero attached hydrogens (tertiary/aromatic N) is 2. The van der Waals surface area contributed by atoms with E-state index in [-0.39, 0.29) is 16.8 Å². The minimum Gasteiger partial charge on any atom is -0.355 e. The van der Waals surface area contributed by atoms with Gasteiger partial charge in [-0.1, -0.05) is 24.3 Å². The second kappa shape index (κ2) is 8.64. The Morgan fingerprint density at radius 3 is 2.67 bits per heavy atom. The van der Waals surface area contributed by atoms with Crippen LogP contribution >= 0.6 is 11.8 Å². The fraction of sp³-hybridized carbons (Fsp3) is 0.200. The van der Waals surface area contributed by atoms with Crippen LogP contribution in [0.25, 0.3) is 10.9 Å². The third-order valence-corrected chi connectivity index (χ3v) is 5.25. The molecule has 1 amide bonds. The van der Waals surface area contributed by atoms with E-state index in [9.17, 15) is 14.9 Å². The summed E-state index contributed by atoms with van der Waals surface area (Å²) in [7, 11) is 0. The van der Waals surface area contributed by atoms with Crippen molar-refractivity contribution in [2.24, 2.45) is 0 Å². The lowest BCUT2D eigenvalue weighted by Gasteiger charge is -2.12. The van der Waals surface area contributed by atoms with Crippen molar-refractivity contribution in [3.8, 4) is 0 Å². The molecule has 1 heterocycles. The fourth-order valence-corrected chi connectivity index (χ4v) is 3.63. The number of hydrogen-bond acceptors (Lipinski definition) is 5.